The number of fused-ring (bicyclic) bond motifs is 2. The van der Waals surface area contributed by atoms with Gasteiger partial charge in [0.1, 0.15) is 5.65 Å². The van der Waals surface area contributed by atoms with Crippen molar-refractivity contribution < 1.29 is 0 Å². The van der Waals surface area contributed by atoms with E-state index in [1.807, 2.05) is 6.20 Å². The van der Waals surface area contributed by atoms with Gasteiger partial charge in [-0.3, -0.25) is 0 Å². The molecule has 2 saturated heterocycles. The van der Waals surface area contributed by atoms with E-state index in [4.69, 9.17) is 4.98 Å². The highest BCUT2D eigenvalue weighted by Gasteiger charge is 2.48. The summed E-state index contributed by atoms with van der Waals surface area (Å²) in [6.45, 7) is 10.4. The molecule has 3 fully saturated rings. The lowest BCUT2D eigenvalue weighted by atomic mass is 9.60. The van der Waals surface area contributed by atoms with Gasteiger partial charge < -0.3 is 19.7 Å². The Labute approximate surface area is 209 Å². The quantitative estimate of drug-likeness (QED) is 0.589. The van der Waals surface area contributed by atoms with Crippen molar-refractivity contribution in [2.24, 2.45) is 11.3 Å². The topological polar surface area (TPSA) is 38.4 Å². The molecule has 0 bridgehead atoms. The first-order valence-electron chi connectivity index (χ1n) is 14.0. The minimum absolute atomic E-state index is 0.371. The van der Waals surface area contributed by atoms with Gasteiger partial charge in [-0.15, -0.1) is 6.58 Å². The molecule has 1 spiro atoms. The van der Waals surface area contributed by atoms with Crippen LogP contribution in [0.2, 0.25) is 0 Å². The molecule has 5 nitrogen and oxygen atoms in total. The second-order valence-corrected chi connectivity index (χ2v) is 11.7. The summed E-state index contributed by atoms with van der Waals surface area (Å²) in [5.41, 5.74) is 7.01. The smallest absolute Gasteiger partial charge is 0.137 e. The molecule has 5 aliphatic rings. The fourth-order valence-corrected chi connectivity index (χ4v) is 7.57. The Morgan fingerprint density at radius 1 is 1.06 bits per heavy atom. The zero-order chi connectivity index (χ0) is 23.4. The van der Waals surface area contributed by atoms with Gasteiger partial charge >= 0.3 is 0 Å². The maximum absolute atomic E-state index is 4.97. The van der Waals surface area contributed by atoms with Crippen molar-refractivity contribution in [3.05, 3.63) is 60.2 Å². The van der Waals surface area contributed by atoms with Crippen molar-refractivity contribution in [3.63, 3.8) is 0 Å². The van der Waals surface area contributed by atoms with Gasteiger partial charge in [0, 0.05) is 54.6 Å². The summed E-state index contributed by atoms with van der Waals surface area (Å²) in [6.07, 6.45) is 20.8. The predicted octanol–water partition coefficient (Wildman–Crippen LogP) is 5.63. The third-order valence-electron chi connectivity index (χ3n) is 9.71. The number of aromatic amines is 1. The molecule has 3 aliphatic heterocycles. The van der Waals surface area contributed by atoms with Gasteiger partial charge in [0.2, 0.25) is 0 Å². The molecular weight excluding hydrogens is 430 g/mol. The second-order valence-electron chi connectivity index (χ2n) is 11.7. The van der Waals surface area contributed by atoms with Crippen molar-refractivity contribution in [3.8, 4) is 0 Å². The number of hydrogen-bond donors (Lipinski definition) is 1. The number of rotatable bonds is 4. The number of H-pyrrole nitrogens is 1. The first-order chi connectivity index (χ1) is 17.2. The summed E-state index contributed by atoms with van der Waals surface area (Å²) in [5.74, 6) is 0.371. The van der Waals surface area contributed by atoms with Gasteiger partial charge in [-0.1, -0.05) is 12.2 Å². The van der Waals surface area contributed by atoms with E-state index < -0.39 is 0 Å². The molecule has 7 rings (SSSR count). The average molecular weight is 470 g/mol. The molecule has 1 atom stereocenters. The molecule has 35 heavy (non-hydrogen) atoms. The minimum Gasteiger partial charge on any atom is -0.372 e. The highest BCUT2D eigenvalue weighted by molar-refractivity contribution is 5.81. The molecule has 5 heterocycles. The van der Waals surface area contributed by atoms with Crippen LogP contribution in [0.1, 0.15) is 57.1 Å². The van der Waals surface area contributed by atoms with Crippen LogP contribution in [0.15, 0.2) is 54.5 Å². The lowest BCUT2D eigenvalue weighted by Gasteiger charge is -2.55. The summed E-state index contributed by atoms with van der Waals surface area (Å²) in [6, 6.07) is 5.36. The number of allylic oxidation sites excluding steroid dienone is 3. The zero-order valence-electron chi connectivity index (χ0n) is 21.0. The third-order valence-corrected chi connectivity index (χ3v) is 9.71. The Morgan fingerprint density at radius 2 is 1.89 bits per heavy atom. The van der Waals surface area contributed by atoms with Crippen molar-refractivity contribution >= 4 is 16.7 Å². The molecule has 1 saturated carbocycles. The van der Waals surface area contributed by atoms with Crippen LogP contribution in [0.5, 0.6) is 0 Å². The Morgan fingerprint density at radius 3 is 2.69 bits per heavy atom. The molecule has 184 valence electrons. The van der Waals surface area contributed by atoms with Crippen molar-refractivity contribution in [2.45, 2.75) is 63.8 Å². The SMILES string of the molecule is C=CC1CC=C(N2CCC3(CC2)CC(N2CCCC2)C3)C=C1N1CCCc2nc3[nH]ccc3cc21. The van der Waals surface area contributed by atoms with E-state index in [2.05, 4.69) is 56.6 Å². The largest absolute Gasteiger partial charge is 0.372 e. The summed E-state index contributed by atoms with van der Waals surface area (Å²) in [4.78, 5) is 16.3. The summed E-state index contributed by atoms with van der Waals surface area (Å²) >= 11 is 0. The molecule has 0 radical (unpaired) electrons. The minimum atomic E-state index is 0.371. The molecule has 2 aromatic rings. The fraction of sp³-hybridized carbons (Fsp3) is 0.567. The number of nitrogens with one attached hydrogen (secondary N) is 1. The summed E-state index contributed by atoms with van der Waals surface area (Å²) < 4.78 is 0. The maximum atomic E-state index is 4.97. The Bertz CT molecular complexity index is 1170. The molecular formula is C30H39N5. The third kappa shape index (κ3) is 3.74. The normalized spacial score (nSPS) is 27.0. The van der Waals surface area contributed by atoms with E-state index in [9.17, 15) is 0 Å². The van der Waals surface area contributed by atoms with Gasteiger partial charge in [-0.05, 0) is 94.5 Å². The van der Waals surface area contributed by atoms with Crippen LogP contribution in [-0.2, 0) is 6.42 Å². The van der Waals surface area contributed by atoms with Crippen molar-refractivity contribution in [2.75, 3.05) is 37.6 Å². The van der Waals surface area contributed by atoms with E-state index in [0.717, 1.165) is 37.5 Å². The van der Waals surface area contributed by atoms with Crippen LogP contribution < -0.4 is 4.90 Å². The molecule has 5 heteroatoms. The number of pyridine rings is 1. The van der Waals surface area contributed by atoms with Gasteiger partial charge in [0.05, 0.1) is 11.4 Å². The van der Waals surface area contributed by atoms with Crippen molar-refractivity contribution in [1.82, 2.24) is 19.8 Å². The first-order valence-corrected chi connectivity index (χ1v) is 14.0. The first kappa shape index (κ1) is 21.7. The van der Waals surface area contributed by atoms with Gasteiger partial charge in [0.15, 0.2) is 0 Å². The van der Waals surface area contributed by atoms with E-state index in [0.29, 0.717) is 11.3 Å². The Balaban J connectivity index is 1.09. The van der Waals surface area contributed by atoms with Crippen LogP contribution >= 0.6 is 0 Å². The molecule has 2 aromatic heterocycles. The number of hydrogen-bond acceptors (Lipinski definition) is 4. The van der Waals surface area contributed by atoms with E-state index in [1.165, 1.54) is 92.9 Å². The highest BCUT2D eigenvalue weighted by Crippen LogP contribution is 2.52. The molecule has 0 aromatic carbocycles. The summed E-state index contributed by atoms with van der Waals surface area (Å²) in [5, 5.41) is 1.20. The number of nitrogens with zero attached hydrogens (tertiary/aromatic N) is 4. The van der Waals surface area contributed by atoms with Crippen molar-refractivity contribution in [1.29, 1.82) is 0 Å². The predicted molar refractivity (Wildman–Crippen MR) is 143 cm³/mol. The molecule has 0 amide bonds. The van der Waals surface area contributed by atoms with E-state index >= 15 is 0 Å². The standard InChI is InChI=1S/C30H39N5/c1-2-22-7-8-24(34-16-10-30(11-17-34)20-25(21-30)33-13-3-4-14-33)19-27(22)35-15-5-6-26-28(35)18-23-9-12-31-29(23)32-26/h2,8-9,12,18-19,22,25H,1,3-7,10-11,13-17,20-21H2,(H,31,32). The molecule has 1 N–H and O–H groups in total. The van der Waals surface area contributed by atoms with Crippen LogP contribution in [0.4, 0.5) is 5.69 Å². The lowest BCUT2D eigenvalue weighted by molar-refractivity contribution is -0.0292. The number of piperidine rings is 1. The zero-order valence-corrected chi connectivity index (χ0v) is 21.0. The monoisotopic (exact) mass is 469 g/mol. The Hall–Kier alpha value is -2.53. The van der Waals surface area contributed by atoms with Gasteiger partial charge in [0.25, 0.3) is 0 Å². The van der Waals surface area contributed by atoms with Crippen LogP contribution in [0.25, 0.3) is 11.0 Å². The van der Waals surface area contributed by atoms with Crippen LogP contribution in [-0.4, -0.2) is 58.5 Å². The number of anilines is 1. The lowest BCUT2D eigenvalue weighted by Crippen LogP contribution is -2.54. The van der Waals surface area contributed by atoms with E-state index in [-0.39, 0.29) is 0 Å². The van der Waals surface area contributed by atoms with Gasteiger partial charge in [-0.25, -0.2) is 4.98 Å². The highest BCUT2D eigenvalue weighted by atomic mass is 15.2. The average Bonchev–Trinajstić information content (AvgIpc) is 3.57. The Kier molecular flexibility index (Phi) is 5.31. The second kappa shape index (κ2) is 8.55. The van der Waals surface area contributed by atoms with Crippen LogP contribution in [0, 0.1) is 11.3 Å². The van der Waals surface area contributed by atoms with Gasteiger partial charge in [-0.2, -0.15) is 0 Å². The number of aromatic nitrogens is 2. The number of likely N-dealkylation sites (tertiary alicyclic amines) is 2. The van der Waals surface area contributed by atoms with Crippen LogP contribution in [0.3, 0.4) is 0 Å². The number of aryl methyl sites for hydroxylation is 1. The van der Waals surface area contributed by atoms with E-state index in [1.54, 1.807) is 0 Å². The summed E-state index contributed by atoms with van der Waals surface area (Å²) in [7, 11) is 0. The molecule has 2 aliphatic carbocycles. The maximum Gasteiger partial charge on any atom is 0.137 e. The molecule has 1 unspecified atom stereocenters. The fourth-order valence-electron chi connectivity index (χ4n) is 7.57.